The maximum Gasteiger partial charge on any atom is 0.143 e. The quantitative estimate of drug-likeness (QED) is 0.602. The summed E-state index contributed by atoms with van der Waals surface area (Å²) in [5.74, 6) is 2.72. The van der Waals surface area contributed by atoms with Crippen LogP contribution in [0.3, 0.4) is 0 Å². The molecule has 0 amide bonds. The van der Waals surface area contributed by atoms with Gasteiger partial charge in [0, 0.05) is 5.88 Å². The molecular formula is C14H11Br2ClO2. The van der Waals surface area contributed by atoms with Crippen LogP contribution in [-0.4, -0.2) is 7.11 Å². The van der Waals surface area contributed by atoms with Gasteiger partial charge in [0.2, 0.25) is 0 Å². The summed E-state index contributed by atoms with van der Waals surface area (Å²) >= 11 is 12.6. The lowest BCUT2D eigenvalue weighted by molar-refractivity contribution is 0.409. The second-order valence-corrected chi connectivity index (χ2v) is 5.77. The van der Waals surface area contributed by atoms with Crippen LogP contribution < -0.4 is 9.47 Å². The van der Waals surface area contributed by atoms with Gasteiger partial charge < -0.3 is 9.47 Å². The maximum absolute atomic E-state index is 5.81. The van der Waals surface area contributed by atoms with Crippen LogP contribution in [0, 0.1) is 0 Å². The summed E-state index contributed by atoms with van der Waals surface area (Å²) in [6.07, 6.45) is 0. The van der Waals surface area contributed by atoms with Crippen LogP contribution >= 0.6 is 43.5 Å². The molecule has 0 N–H and O–H groups in total. The van der Waals surface area contributed by atoms with E-state index < -0.39 is 0 Å². The zero-order valence-corrected chi connectivity index (χ0v) is 14.0. The number of ether oxygens (including phenoxy) is 2. The number of benzene rings is 2. The van der Waals surface area contributed by atoms with Gasteiger partial charge in [-0.1, -0.05) is 12.1 Å². The SMILES string of the molecule is COc1cc(Br)c(Oc2ccc(CCl)cc2)cc1Br. The molecule has 0 fully saturated rings. The van der Waals surface area contributed by atoms with Gasteiger partial charge in [-0.3, -0.25) is 0 Å². The second-order valence-electron chi connectivity index (χ2n) is 3.80. The van der Waals surface area contributed by atoms with Gasteiger partial charge in [-0.25, -0.2) is 0 Å². The Morgan fingerprint density at radius 1 is 1.00 bits per heavy atom. The smallest absolute Gasteiger partial charge is 0.143 e. The van der Waals surface area contributed by atoms with Gasteiger partial charge >= 0.3 is 0 Å². The molecule has 2 rings (SSSR count). The number of halogens is 3. The van der Waals surface area contributed by atoms with Gasteiger partial charge in [0.15, 0.2) is 0 Å². The van der Waals surface area contributed by atoms with Crippen LogP contribution in [0.5, 0.6) is 17.2 Å². The first-order valence-electron chi connectivity index (χ1n) is 5.50. The Kier molecular flexibility index (Phi) is 5.13. The number of hydrogen-bond donors (Lipinski definition) is 0. The van der Waals surface area contributed by atoms with Crippen molar-refractivity contribution in [3.05, 3.63) is 50.9 Å². The fraction of sp³-hybridized carbons (Fsp3) is 0.143. The predicted octanol–water partition coefficient (Wildman–Crippen LogP) is 5.75. The molecule has 0 spiro atoms. The first-order valence-corrected chi connectivity index (χ1v) is 7.62. The topological polar surface area (TPSA) is 18.5 Å². The Hall–Kier alpha value is -0.710. The molecule has 0 aliphatic heterocycles. The highest BCUT2D eigenvalue weighted by atomic mass is 79.9. The lowest BCUT2D eigenvalue weighted by atomic mass is 10.2. The molecule has 2 aromatic carbocycles. The molecule has 5 heteroatoms. The van der Waals surface area contributed by atoms with Crippen LogP contribution in [-0.2, 0) is 5.88 Å². The van der Waals surface area contributed by atoms with E-state index in [4.69, 9.17) is 21.1 Å². The van der Waals surface area contributed by atoms with Crippen LogP contribution in [0.25, 0.3) is 0 Å². The maximum atomic E-state index is 5.81. The van der Waals surface area contributed by atoms with Crippen molar-refractivity contribution in [1.82, 2.24) is 0 Å². The van der Waals surface area contributed by atoms with E-state index in [2.05, 4.69) is 31.9 Å². The number of alkyl halides is 1. The van der Waals surface area contributed by atoms with Gasteiger partial charge in [0.1, 0.15) is 17.2 Å². The van der Waals surface area contributed by atoms with Crippen molar-refractivity contribution in [3.8, 4) is 17.2 Å². The molecule has 0 heterocycles. The molecule has 0 saturated heterocycles. The molecule has 0 aliphatic carbocycles. The summed E-state index contributed by atoms with van der Waals surface area (Å²) in [4.78, 5) is 0. The number of methoxy groups -OCH3 is 1. The third-order valence-corrected chi connectivity index (χ3v) is 4.06. The fourth-order valence-corrected chi connectivity index (χ4v) is 2.58. The Bertz CT molecular complexity index is 570. The molecule has 19 heavy (non-hydrogen) atoms. The van der Waals surface area contributed by atoms with E-state index in [1.807, 2.05) is 36.4 Å². The monoisotopic (exact) mass is 404 g/mol. The summed E-state index contributed by atoms with van der Waals surface area (Å²) in [5, 5.41) is 0. The van der Waals surface area contributed by atoms with E-state index in [0.29, 0.717) is 11.6 Å². The summed E-state index contributed by atoms with van der Waals surface area (Å²) < 4.78 is 12.7. The molecule has 0 bridgehead atoms. The highest BCUT2D eigenvalue weighted by molar-refractivity contribution is 9.11. The Balaban J connectivity index is 2.25. The van der Waals surface area contributed by atoms with Crippen molar-refractivity contribution in [1.29, 1.82) is 0 Å². The van der Waals surface area contributed by atoms with Crippen molar-refractivity contribution >= 4 is 43.5 Å². The third kappa shape index (κ3) is 3.65. The normalized spacial score (nSPS) is 10.3. The van der Waals surface area contributed by atoms with Gasteiger partial charge in [0.05, 0.1) is 16.1 Å². The molecule has 0 atom stereocenters. The molecule has 0 saturated carbocycles. The van der Waals surface area contributed by atoms with E-state index in [0.717, 1.165) is 26.0 Å². The molecule has 0 unspecified atom stereocenters. The van der Waals surface area contributed by atoms with Crippen LogP contribution in [0.2, 0.25) is 0 Å². The van der Waals surface area contributed by atoms with Crippen molar-refractivity contribution < 1.29 is 9.47 Å². The van der Waals surface area contributed by atoms with Gasteiger partial charge in [-0.15, -0.1) is 11.6 Å². The summed E-state index contributed by atoms with van der Waals surface area (Å²) in [6, 6.07) is 11.4. The molecule has 0 radical (unpaired) electrons. The average molecular weight is 407 g/mol. The van der Waals surface area contributed by atoms with Crippen LogP contribution in [0.1, 0.15) is 5.56 Å². The van der Waals surface area contributed by atoms with E-state index in [-0.39, 0.29) is 0 Å². The molecule has 0 aromatic heterocycles. The highest BCUT2D eigenvalue weighted by Crippen LogP contribution is 2.38. The minimum Gasteiger partial charge on any atom is -0.496 e. The minimum absolute atomic E-state index is 0.498. The summed E-state index contributed by atoms with van der Waals surface area (Å²) in [6.45, 7) is 0. The average Bonchev–Trinajstić information content (AvgIpc) is 2.43. The zero-order chi connectivity index (χ0) is 13.8. The second kappa shape index (κ2) is 6.64. The first-order chi connectivity index (χ1) is 9.13. The van der Waals surface area contributed by atoms with E-state index in [1.165, 1.54) is 0 Å². The molecule has 2 nitrogen and oxygen atoms in total. The highest BCUT2D eigenvalue weighted by Gasteiger charge is 2.09. The predicted molar refractivity (Wildman–Crippen MR) is 84.5 cm³/mol. The Morgan fingerprint density at radius 2 is 1.58 bits per heavy atom. The Morgan fingerprint density at radius 3 is 2.16 bits per heavy atom. The van der Waals surface area contributed by atoms with Gasteiger partial charge in [-0.05, 0) is 61.7 Å². The third-order valence-electron chi connectivity index (χ3n) is 2.51. The van der Waals surface area contributed by atoms with E-state index >= 15 is 0 Å². The number of rotatable bonds is 4. The minimum atomic E-state index is 0.498. The lowest BCUT2D eigenvalue weighted by Gasteiger charge is -2.11. The van der Waals surface area contributed by atoms with E-state index in [9.17, 15) is 0 Å². The molecule has 100 valence electrons. The van der Waals surface area contributed by atoms with Gasteiger partial charge in [-0.2, -0.15) is 0 Å². The van der Waals surface area contributed by atoms with Crippen molar-refractivity contribution in [2.24, 2.45) is 0 Å². The van der Waals surface area contributed by atoms with Crippen LogP contribution in [0.4, 0.5) is 0 Å². The van der Waals surface area contributed by atoms with Crippen molar-refractivity contribution in [2.75, 3.05) is 7.11 Å². The standard InChI is InChI=1S/C14H11Br2ClO2/c1-18-13-6-12(16)14(7-11(13)15)19-10-4-2-9(8-17)3-5-10/h2-7H,8H2,1H3. The van der Waals surface area contributed by atoms with E-state index in [1.54, 1.807) is 7.11 Å². The molecule has 0 aliphatic rings. The fourth-order valence-electron chi connectivity index (χ4n) is 1.52. The molecular weight excluding hydrogens is 395 g/mol. The summed E-state index contributed by atoms with van der Waals surface area (Å²) in [7, 11) is 1.62. The number of hydrogen-bond acceptors (Lipinski definition) is 2. The zero-order valence-electron chi connectivity index (χ0n) is 10.1. The van der Waals surface area contributed by atoms with Crippen molar-refractivity contribution in [3.63, 3.8) is 0 Å². The van der Waals surface area contributed by atoms with Crippen LogP contribution in [0.15, 0.2) is 45.3 Å². The first kappa shape index (κ1) is 14.7. The Labute approximate surface area is 133 Å². The lowest BCUT2D eigenvalue weighted by Crippen LogP contribution is -1.89. The van der Waals surface area contributed by atoms with Gasteiger partial charge in [0.25, 0.3) is 0 Å². The summed E-state index contributed by atoms with van der Waals surface area (Å²) in [5.41, 5.74) is 1.06. The largest absolute Gasteiger partial charge is 0.496 e. The molecule has 2 aromatic rings. The van der Waals surface area contributed by atoms with Crippen molar-refractivity contribution in [2.45, 2.75) is 5.88 Å².